The molecule has 3 aromatic rings. The van der Waals surface area contributed by atoms with Crippen LogP contribution in [0.2, 0.25) is 0 Å². The van der Waals surface area contributed by atoms with Gasteiger partial charge in [0, 0.05) is 37.8 Å². The van der Waals surface area contributed by atoms with Crippen molar-refractivity contribution in [2.24, 2.45) is 5.92 Å². The Balaban J connectivity index is 1.52. The highest BCUT2D eigenvalue weighted by Gasteiger charge is 2.33. The van der Waals surface area contributed by atoms with Crippen molar-refractivity contribution in [2.45, 2.75) is 52.2 Å². The van der Waals surface area contributed by atoms with Crippen LogP contribution >= 0.6 is 0 Å². The minimum Gasteiger partial charge on any atom is -0.481 e. The van der Waals surface area contributed by atoms with E-state index in [1.807, 2.05) is 61.2 Å². The third-order valence-electron chi connectivity index (χ3n) is 6.50. The molecule has 1 aliphatic heterocycles. The topological polar surface area (TPSA) is 71.5 Å². The Labute approximate surface area is 217 Å². The minimum atomic E-state index is -0.711. The molecule has 2 amide bonds. The van der Waals surface area contributed by atoms with Crippen molar-refractivity contribution in [2.75, 3.05) is 13.1 Å². The highest BCUT2D eigenvalue weighted by molar-refractivity contribution is 5.80. The normalized spacial score (nSPS) is 15.7. The molecule has 37 heavy (non-hydrogen) atoms. The average molecular weight is 504 g/mol. The molecule has 0 saturated heterocycles. The number of ether oxygens (including phenoxy) is 1. The molecule has 1 N–H and O–H groups in total. The first kappa shape index (κ1) is 26.3. The van der Waals surface area contributed by atoms with Gasteiger partial charge in [-0.25, -0.2) is 4.39 Å². The number of carbonyl (C=O) groups excluding carboxylic acids is 2. The van der Waals surface area contributed by atoms with Gasteiger partial charge in [0.1, 0.15) is 11.6 Å². The molecule has 0 aliphatic carbocycles. The Kier molecular flexibility index (Phi) is 8.54. The number of nitrogens with zero attached hydrogens (tertiary/aromatic N) is 2. The van der Waals surface area contributed by atoms with E-state index < -0.39 is 12.1 Å². The van der Waals surface area contributed by atoms with Crippen molar-refractivity contribution >= 4 is 11.8 Å². The largest absolute Gasteiger partial charge is 0.481 e. The van der Waals surface area contributed by atoms with Crippen LogP contribution < -0.4 is 10.1 Å². The number of benzene rings is 2. The molecule has 0 fully saturated rings. The maximum absolute atomic E-state index is 14.2. The molecule has 2 atom stereocenters. The van der Waals surface area contributed by atoms with Crippen molar-refractivity contribution < 1.29 is 18.7 Å². The first-order chi connectivity index (χ1) is 17.8. The molecule has 194 valence electrons. The molecule has 7 heteroatoms. The molecular formula is C30H34FN3O3. The van der Waals surface area contributed by atoms with Gasteiger partial charge < -0.3 is 15.0 Å². The van der Waals surface area contributed by atoms with E-state index in [9.17, 15) is 14.0 Å². The van der Waals surface area contributed by atoms with Gasteiger partial charge in [-0.1, -0.05) is 38.1 Å². The van der Waals surface area contributed by atoms with Crippen molar-refractivity contribution in [3.8, 4) is 5.75 Å². The fourth-order valence-corrected chi connectivity index (χ4v) is 4.70. The number of hydrogen-bond donors (Lipinski definition) is 1. The third kappa shape index (κ3) is 6.73. The molecule has 2 unspecified atom stereocenters. The van der Waals surface area contributed by atoms with Crippen LogP contribution in [-0.2, 0) is 22.4 Å². The number of aromatic nitrogens is 1. The van der Waals surface area contributed by atoms with E-state index in [0.29, 0.717) is 38.1 Å². The van der Waals surface area contributed by atoms with Gasteiger partial charge in [0.05, 0.1) is 6.04 Å². The molecule has 1 aromatic heterocycles. The number of carbonyl (C=O) groups is 2. The first-order valence-electron chi connectivity index (χ1n) is 12.8. The molecule has 0 saturated carbocycles. The van der Waals surface area contributed by atoms with Gasteiger partial charge in [-0.2, -0.15) is 0 Å². The van der Waals surface area contributed by atoms with Crippen LogP contribution in [0.5, 0.6) is 5.75 Å². The van der Waals surface area contributed by atoms with Crippen LogP contribution in [0.15, 0.2) is 66.9 Å². The maximum atomic E-state index is 14.2. The van der Waals surface area contributed by atoms with E-state index in [4.69, 9.17) is 4.74 Å². The Morgan fingerprint density at radius 2 is 1.95 bits per heavy atom. The Bertz CT molecular complexity index is 1230. The summed E-state index contributed by atoms with van der Waals surface area (Å²) in [5.74, 6) is 0.231. The lowest BCUT2D eigenvalue weighted by molar-refractivity contribution is -0.134. The molecule has 2 heterocycles. The average Bonchev–Trinajstić information content (AvgIpc) is 2.88. The number of fused-ring (bicyclic) bond motifs is 1. The Morgan fingerprint density at radius 3 is 2.68 bits per heavy atom. The van der Waals surface area contributed by atoms with E-state index in [0.717, 1.165) is 22.4 Å². The van der Waals surface area contributed by atoms with E-state index in [-0.39, 0.29) is 23.5 Å². The van der Waals surface area contributed by atoms with E-state index in [1.165, 1.54) is 12.1 Å². The summed E-state index contributed by atoms with van der Waals surface area (Å²) in [6.45, 7) is 6.76. The SMILES string of the molecule is CC(C)CC(=O)N1CCc2ccc(OC(C)C(=O)NCCc3ccccn3)cc2C1c1cccc(F)c1. The molecule has 2 aromatic carbocycles. The summed E-state index contributed by atoms with van der Waals surface area (Å²) >= 11 is 0. The lowest BCUT2D eigenvalue weighted by Crippen LogP contribution is -2.41. The fourth-order valence-electron chi connectivity index (χ4n) is 4.70. The maximum Gasteiger partial charge on any atom is 0.260 e. The number of hydrogen-bond acceptors (Lipinski definition) is 4. The molecule has 4 rings (SSSR count). The molecular weight excluding hydrogens is 469 g/mol. The van der Waals surface area contributed by atoms with E-state index in [2.05, 4.69) is 10.3 Å². The second-order valence-electron chi connectivity index (χ2n) is 9.88. The monoisotopic (exact) mass is 503 g/mol. The van der Waals surface area contributed by atoms with Crippen molar-refractivity contribution in [1.29, 1.82) is 0 Å². The second kappa shape index (κ2) is 12.0. The van der Waals surface area contributed by atoms with Crippen molar-refractivity contribution in [3.63, 3.8) is 0 Å². The molecule has 6 nitrogen and oxygen atoms in total. The van der Waals surface area contributed by atoms with Crippen LogP contribution in [0.25, 0.3) is 0 Å². The van der Waals surface area contributed by atoms with Gasteiger partial charge in [0.2, 0.25) is 5.91 Å². The predicted octanol–water partition coefficient (Wildman–Crippen LogP) is 4.87. The summed E-state index contributed by atoms with van der Waals surface area (Å²) in [7, 11) is 0. The predicted molar refractivity (Wildman–Crippen MR) is 141 cm³/mol. The van der Waals surface area contributed by atoms with Crippen LogP contribution in [0.4, 0.5) is 4.39 Å². The number of halogens is 1. The summed E-state index contributed by atoms with van der Waals surface area (Å²) in [6, 6.07) is 17.4. The van der Waals surface area contributed by atoms with Crippen LogP contribution in [-0.4, -0.2) is 40.9 Å². The van der Waals surface area contributed by atoms with Gasteiger partial charge in [0.15, 0.2) is 6.10 Å². The summed E-state index contributed by atoms with van der Waals surface area (Å²) < 4.78 is 20.2. The molecule has 0 spiro atoms. The zero-order valence-corrected chi connectivity index (χ0v) is 21.6. The molecule has 1 aliphatic rings. The van der Waals surface area contributed by atoms with Gasteiger partial charge in [0.25, 0.3) is 5.91 Å². The minimum absolute atomic E-state index is 0.0434. The molecule has 0 bridgehead atoms. The lowest BCUT2D eigenvalue weighted by atomic mass is 9.87. The van der Waals surface area contributed by atoms with E-state index in [1.54, 1.807) is 19.2 Å². The summed E-state index contributed by atoms with van der Waals surface area (Å²) in [5.41, 5.74) is 3.61. The standard InChI is InChI=1S/C30H34FN3O3/c1-20(2)17-28(35)34-16-13-22-10-11-26(19-27(22)29(34)23-7-6-8-24(31)18-23)37-21(3)30(36)33-15-12-25-9-4-5-14-32-25/h4-11,14,18-21,29H,12-13,15-17H2,1-3H3,(H,33,36). The Morgan fingerprint density at radius 1 is 1.11 bits per heavy atom. The first-order valence-corrected chi connectivity index (χ1v) is 12.8. The smallest absolute Gasteiger partial charge is 0.260 e. The highest BCUT2D eigenvalue weighted by atomic mass is 19.1. The zero-order chi connectivity index (χ0) is 26.4. The van der Waals surface area contributed by atoms with Crippen molar-refractivity contribution in [1.82, 2.24) is 15.2 Å². The Hall–Kier alpha value is -3.74. The number of amides is 2. The van der Waals surface area contributed by atoms with Gasteiger partial charge in [-0.3, -0.25) is 14.6 Å². The third-order valence-corrected chi connectivity index (χ3v) is 6.50. The van der Waals surface area contributed by atoms with Gasteiger partial charge in [-0.15, -0.1) is 0 Å². The van der Waals surface area contributed by atoms with Crippen LogP contribution in [0, 0.1) is 11.7 Å². The number of rotatable bonds is 9. The molecule has 0 radical (unpaired) electrons. The summed E-state index contributed by atoms with van der Waals surface area (Å²) in [6.07, 6.45) is 2.78. The second-order valence-corrected chi connectivity index (χ2v) is 9.88. The zero-order valence-electron chi connectivity index (χ0n) is 21.6. The fraction of sp³-hybridized carbons (Fsp3) is 0.367. The number of nitrogens with one attached hydrogen (secondary N) is 1. The van der Waals surface area contributed by atoms with Crippen molar-refractivity contribution in [3.05, 3.63) is 95.1 Å². The lowest BCUT2D eigenvalue weighted by Gasteiger charge is -2.38. The summed E-state index contributed by atoms with van der Waals surface area (Å²) in [4.78, 5) is 31.9. The number of pyridine rings is 1. The van der Waals surface area contributed by atoms with Gasteiger partial charge in [-0.05, 0) is 72.4 Å². The van der Waals surface area contributed by atoms with E-state index >= 15 is 0 Å². The quantitative estimate of drug-likeness (QED) is 0.452. The van der Waals surface area contributed by atoms with Crippen LogP contribution in [0.1, 0.15) is 55.6 Å². The highest BCUT2D eigenvalue weighted by Crippen LogP contribution is 2.38. The summed E-state index contributed by atoms with van der Waals surface area (Å²) in [5, 5.41) is 2.90. The van der Waals surface area contributed by atoms with Gasteiger partial charge >= 0.3 is 0 Å². The van der Waals surface area contributed by atoms with Crippen LogP contribution in [0.3, 0.4) is 0 Å².